The molecule has 1 aliphatic rings. The number of rotatable bonds is 10. The van der Waals surface area contributed by atoms with Crippen LogP contribution in [0.2, 0.25) is 0 Å². The molecule has 0 heterocycles. The van der Waals surface area contributed by atoms with Crippen LogP contribution < -0.4 is 10.6 Å². The van der Waals surface area contributed by atoms with E-state index in [2.05, 4.69) is 22.8 Å². The summed E-state index contributed by atoms with van der Waals surface area (Å²) in [6.45, 7) is 5.47. The number of methoxy groups -OCH3 is 1. The molecule has 3 atom stereocenters. The summed E-state index contributed by atoms with van der Waals surface area (Å²) in [7, 11) is 1.38. The van der Waals surface area contributed by atoms with Gasteiger partial charge in [-0.25, -0.2) is 9.59 Å². The van der Waals surface area contributed by atoms with Gasteiger partial charge in [0.25, 0.3) is 0 Å². The Kier molecular flexibility index (Phi) is 8.28. The van der Waals surface area contributed by atoms with Gasteiger partial charge in [-0.2, -0.15) is 0 Å². The summed E-state index contributed by atoms with van der Waals surface area (Å²) in [5.74, 6) is -1.82. The van der Waals surface area contributed by atoms with Gasteiger partial charge in [-0.15, -0.1) is 0 Å². The quantitative estimate of drug-likeness (QED) is 0.491. The Morgan fingerprint density at radius 2 is 1.50 bits per heavy atom. The molecule has 8 nitrogen and oxygen atoms in total. The van der Waals surface area contributed by atoms with Crippen LogP contribution in [0.15, 0.2) is 48.5 Å². The number of fused-ring (bicyclic) bond motifs is 3. The summed E-state index contributed by atoms with van der Waals surface area (Å²) in [5.41, 5.74) is 4.51. The predicted octanol–water partition coefficient (Wildman–Crippen LogP) is 3.54. The van der Waals surface area contributed by atoms with Crippen molar-refractivity contribution < 1.29 is 29.0 Å². The summed E-state index contributed by atoms with van der Waals surface area (Å²) in [4.78, 5) is 36.6. The van der Waals surface area contributed by atoms with Gasteiger partial charge in [0.15, 0.2) is 6.04 Å². The van der Waals surface area contributed by atoms with Gasteiger partial charge in [0.05, 0.1) is 6.10 Å². The molecule has 0 radical (unpaired) electrons. The highest BCUT2D eigenvalue weighted by Gasteiger charge is 2.31. The zero-order chi connectivity index (χ0) is 24.8. The number of ether oxygens (including phenoxy) is 2. The molecule has 0 aromatic heterocycles. The maximum atomic E-state index is 12.6. The summed E-state index contributed by atoms with van der Waals surface area (Å²) in [6, 6.07) is 14.4. The lowest BCUT2D eigenvalue weighted by Crippen LogP contribution is -2.50. The molecule has 2 amide bonds. The lowest BCUT2D eigenvalue weighted by atomic mass is 9.98. The first-order valence-corrected chi connectivity index (χ1v) is 11.4. The number of aliphatic carboxylic acids is 1. The molecular weight excluding hydrogens is 436 g/mol. The van der Waals surface area contributed by atoms with Crippen molar-refractivity contribution in [1.29, 1.82) is 0 Å². The van der Waals surface area contributed by atoms with Crippen LogP contribution in [0.1, 0.15) is 44.2 Å². The molecule has 0 fully saturated rings. The normalized spacial score (nSPS) is 15.1. The highest BCUT2D eigenvalue weighted by molar-refractivity contribution is 5.84. The molecule has 0 spiro atoms. The minimum Gasteiger partial charge on any atom is -0.480 e. The first-order valence-electron chi connectivity index (χ1n) is 11.4. The summed E-state index contributed by atoms with van der Waals surface area (Å²) in [6.07, 6.45) is -1.40. The number of amides is 2. The highest BCUT2D eigenvalue weighted by Crippen LogP contribution is 2.44. The van der Waals surface area contributed by atoms with E-state index in [1.807, 2.05) is 50.2 Å². The van der Waals surface area contributed by atoms with E-state index >= 15 is 0 Å². The van der Waals surface area contributed by atoms with Crippen molar-refractivity contribution in [2.45, 2.75) is 51.3 Å². The Morgan fingerprint density at radius 3 is 2.00 bits per heavy atom. The molecule has 34 heavy (non-hydrogen) atoms. The highest BCUT2D eigenvalue weighted by atomic mass is 16.5. The van der Waals surface area contributed by atoms with Crippen LogP contribution in [0.4, 0.5) is 4.79 Å². The number of hydrogen-bond acceptors (Lipinski definition) is 5. The third-order valence-corrected chi connectivity index (χ3v) is 6.28. The minimum absolute atomic E-state index is 0.0641. The van der Waals surface area contributed by atoms with E-state index in [4.69, 9.17) is 9.47 Å². The number of carboxylic acid groups (broad SMARTS) is 1. The van der Waals surface area contributed by atoms with Crippen molar-refractivity contribution in [3.63, 3.8) is 0 Å². The van der Waals surface area contributed by atoms with Crippen LogP contribution in [-0.2, 0) is 19.1 Å². The van der Waals surface area contributed by atoms with Crippen molar-refractivity contribution >= 4 is 18.0 Å². The van der Waals surface area contributed by atoms with Gasteiger partial charge in [0, 0.05) is 25.5 Å². The topological polar surface area (TPSA) is 114 Å². The standard InChI is InChI=1S/C26H32N2O6/c1-15(2)22(13-23(29)28-24(25(30)31)16(3)33-4)27-26(32)34-14-21-19-11-7-5-9-17(19)18-10-6-8-12-20(18)21/h5-12,15-16,21-22,24H,13-14H2,1-4H3,(H,27,32)(H,28,29)(H,30,31)/t16-,22-,24+/m1/s1. The largest absolute Gasteiger partial charge is 0.480 e. The Labute approximate surface area is 199 Å². The molecule has 1 aliphatic carbocycles. The lowest BCUT2D eigenvalue weighted by molar-refractivity contribution is -0.145. The van der Waals surface area contributed by atoms with E-state index in [0.29, 0.717) is 0 Å². The number of hydrogen-bond donors (Lipinski definition) is 3. The van der Waals surface area contributed by atoms with Crippen LogP contribution >= 0.6 is 0 Å². The first-order chi connectivity index (χ1) is 16.2. The van der Waals surface area contributed by atoms with Crippen LogP contribution in [0, 0.1) is 5.92 Å². The molecule has 8 heteroatoms. The molecule has 3 rings (SSSR count). The molecule has 2 aromatic rings. The Morgan fingerprint density at radius 1 is 0.941 bits per heavy atom. The van der Waals surface area contributed by atoms with Crippen molar-refractivity contribution in [2.75, 3.05) is 13.7 Å². The lowest BCUT2D eigenvalue weighted by Gasteiger charge is -2.25. The van der Waals surface area contributed by atoms with Crippen molar-refractivity contribution in [3.8, 4) is 11.1 Å². The average molecular weight is 469 g/mol. The SMILES string of the molecule is CO[C@H](C)[C@H](NC(=O)C[C@@H](NC(=O)OCC1c2ccccc2-c2ccccc21)C(C)C)C(=O)O. The Balaban J connectivity index is 1.60. The van der Waals surface area contributed by atoms with Gasteiger partial charge in [-0.3, -0.25) is 4.79 Å². The van der Waals surface area contributed by atoms with Gasteiger partial charge in [0.1, 0.15) is 6.61 Å². The average Bonchev–Trinajstić information content (AvgIpc) is 3.13. The number of alkyl carbamates (subject to hydrolysis) is 1. The second-order valence-corrected chi connectivity index (χ2v) is 8.85. The van der Waals surface area contributed by atoms with E-state index < -0.39 is 36.2 Å². The van der Waals surface area contributed by atoms with Crippen molar-refractivity contribution in [2.24, 2.45) is 5.92 Å². The van der Waals surface area contributed by atoms with Crippen molar-refractivity contribution in [1.82, 2.24) is 10.6 Å². The maximum Gasteiger partial charge on any atom is 0.407 e. The Bertz CT molecular complexity index is 992. The van der Waals surface area contributed by atoms with E-state index in [1.165, 1.54) is 7.11 Å². The van der Waals surface area contributed by atoms with Gasteiger partial charge < -0.3 is 25.2 Å². The molecule has 182 valence electrons. The van der Waals surface area contributed by atoms with Gasteiger partial charge in [0.2, 0.25) is 5.91 Å². The van der Waals surface area contributed by atoms with Crippen LogP contribution in [0.3, 0.4) is 0 Å². The fourth-order valence-corrected chi connectivity index (χ4v) is 4.19. The molecule has 0 saturated carbocycles. The molecule has 0 unspecified atom stereocenters. The Hall–Kier alpha value is -3.39. The zero-order valence-electron chi connectivity index (χ0n) is 19.9. The monoisotopic (exact) mass is 468 g/mol. The second kappa shape index (κ2) is 11.2. The van der Waals surface area contributed by atoms with Gasteiger partial charge in [-0.1, -0.05) is 62.4 Å². The number of carboxylic acids is 1. The smallest absolute Gasteiger partial charge is 0.407 e. The second-order valence-electron chi connectivity index (χ2n) is 8.85. The van der Waals surface area contributed by atoms with E-state index in [0.717, 1.165) is 22.3 Å². The number of carbonyl (C=O) groups is 3. The van der Waals surface area contributed by atoms with Crippen LogP contribution in [0.5, 0.6) is 0 Å². The number of benzene rings is 2. The molecule has 0 aliphatic heterocycles. The van der Waals surface area contributed by atoms with Crippen molar-refractivity contribution in [3.05, 3.63) is 59.7 Å². The fraction of sp³-hybridized carbons (Fsp3) is 0.423. The zero-order valence-corrected chi connectivity index (χ0v) is 19.9. The molecular formula is C26H32N2O6. The van der Waals surface area contributed by atoms with Crippen LogP contribution in [0.25, 0.3) is 11.1 Å². The van der Waals surface area contributed by atoms with Crippen LogP contribution in [-0.4, -0.2) is 55.0 Å². The third-order valence-electron chi connectivity index (χ3n) is 6.28. The van der Waals surface area contributed by atoms with Gasteiger partial charge in [-0.05, 0) is 35.1 Å². The molecule has 2 aromatic carbocycles. The number of nitrogens with one attached hydrogen (secondary N) is 2. The predicted molar refractivity (Wildman–Crippen MR) is 127 cm³/mol. The van der Waals surface area contributed by atoms with E-state index in [1.54, 1.807) is 6.92 Å². The molecule has 3 N–H and O–H groups in total. The first kappa shape index (κ1) is 25.2. The molecule has 0 saturated heterocycles. The maximum absolute atomic E-state index is 12.6. The van der Waals surface area contributed by atoms with E-state index in [9.17, 15) is 19.5 Å². The fourth-order valence-electron chi connectivity index (χ4n) is 4.19. The number of carbonyl (C=O) groups excluding carboxylic acids is 2. The molecule has 0 bridgehead atoms. The third kappa shape index (κ3) is 5.75. The minimum atomic E-state index is -1.19. The van der Waals surface area contributed by atoms with E-state index in [-0.39, 0.29) is 24.9 Å². The summed E-state index contributed by atoms with van der Waals surface area (Å²) < 4.78 is 10.6. The summed E-state index contributed by atoms with van der Waals surface area (Å²) >= 11 is 0. The van der Waals surface area contributed by atoms with Gasteiger partial charge >= 0.3 is 12.1 Å². The summed E-state index contributed by atoms with van der Waals surface area (Å²) in [5, 5.41) is 14.6.